The molecule has 88 valence electrons. The van der Waals surface area contributed by atoms with Gasteiger partial charge in [-0.15, -0.1) is 11.8 Å². The van der Waals surface area contributed by atoms with Gasteiger partial charge in [-0.3, -0.25) is 4.79 Å². The maximum Gasteiger partial charge on any atom is 0.306 e. The summed E-state index contributed by atoms with van der Waals surface area (Å²) in [5.74, 6) is -0.208. The largest absolute Gasteiger partial charge is 0.469 e. The van der Waals surface area contributed by atoms with Gasteiger partial charge in [-0.2, -0.15) is 0 Å². The maximum absolute atomic E-state index is 11.1. The highest BCUT2D eigenvalue weighted by atomic mass is 35.5. The molecule has 0 N–H and O–H groups in total. The van der Waals surface area contributed by atoms with E-state index in [0.717, 1.165) is 4.90 Å². The number of ether oxygens (including phenoxy) is 1. The van der Waals surface area contributed by atoms with Crippen LogP contribution < -0.4 is 0 Å². The molecule has 0 aliphatic rings. The van der Waals surface area contributed by atoms with Crippen molar-refractivity contribution in [2.45, 2.75) is 23.5 Å². The lowest BCUT2D eigenvalue weighted by Gasteiger charge is -2.10. The van der Waals surface area contributed by atoms with Crippen molar-refractivity contribution < 1.29 is 9.53 Å². The first-order valence-corrected chi connectivity index (χ1v) is 6.35. The van der Waals surface area contributed by atoms with Gasteiger partial charge in [0.05, 0.1) is 23.6 Å². The summed E-state index contributed by atoms with van der Waals surface area (Å²) < 4.78 is 4.60. The van der Waals surface area contributed by atoms with Crippen molar-refractivity contribution in [3.63, 3.8) is 0 Å². The second kappa shape index (κ2) is 6.38. The van der Waals surface area contributed by atoms with Crippen LogP contribution >= 0.6 is 35.0 Å². The van der Waals surface area contributed by atoms with Crippen molar-refractivity contribution >= 4 is 40.9 Å². The Morgan fingerprint density at radius 1 is 1.44 bits per heavy atom. The molecule has 0 saturated heterocycles. The lowest BCUT2D eigenvalue weighted by atomic mass is 10.3. The highest BCUT2D eigenvalue weighted by molar-refractivity contribution is 8.00. The minimum atomic E-state index is -0.208. The van der Waals surface area contributed by atoms with Gasteiger partial charge in [-0.25, -0.2) is 0 Å². The number of thioether (sulfide) groups is 1. The van der Waals surface area contributed by atoms with Crippen LogP contribution in [-0.4, -0.2) is 18.3 Å². The van der Waals surface area contributed by atoms with Gasteiger partial charge in [-0.1, -0.05) is 30.1 Å². The molecular weight excluding hydrogens is 267 g/mol. The van der Waals surface area contributed by atoms with Crippen molar-refractivity contribution in [3.8, 4) is 0 Å². The Balaban J connectivity index is 2.59. The number of carbonyl (C=O) groups excluding carboxylic acids is 1. The SMILES string of the molecule is COC(=O)CC(C)Sc1ccc(Cl)c(Cl)c1. The number of hydrogen-bond acceptors (Lipinski definition) is 3. The summed E-state index contributed by atoms with van der Waals surface area (Å²) in [6.07, 6.45) is 0.376. The Hall–Kier alpha value is -0.380. The highest BCUT2D eigenvalue weighted by Gasteiger charge is 2.11. The van der Waals surface area contributed by atoms with E-state index in [1.165, 1.54) is 7.11 Å². The van der Waals surface area contributed by atoms with E-state index in [2.05, 4.69) is 4.74 Å². The fourth-order valence-corrected chi connectivity index (χ4v) is 2.52. The minimum absolute atomic E-state index is 0.143. The van der Waals surface area contributed by atoms with Crippen molar-refractivity contribution in [1.29, 1.82) is 0 Å². The summed E-state index contributed by atoms with van der Waals surface area (Å²) in [5, 5.41) is 1.20. The predicted molar refractivity (Wildman–Crippen MR) is 68.4 cm³/mol. The first kappa shape index (κ1) is 13.7. The van der Waals surface area contributed by atoms with E-state index in [4.69, 9.17) is 23.2 Å². The minimum Gasteiger partial charge on any atom is -0.469 e. The van der Waals surface area contributed by atoms with Crippen LogP contribution in [0.3, 0.4) is 0 Å². The second-order valence-corrected chi connectivity index (χ2v) is 5.61. The zero-order chi connectivity index (χ0) is 12.1. The van der Waals surface area contributed by atoms with Gasteiger partial charge < -0.3 is 4.74 Å². The van der Waals surface area contributed by atoms with Crippen molar-refractivity contribution in [3.05, 3.63) is 28.2 Å². The molecule has 1 unspecified atom stereocenters. The van der Waals surface area contributed by atoms with E-state index in [-0.39, 0.29) is 11.2 Å². The molecule has 0 aliphatic heterocycles. The van der Waals surface area contributed by atoms with E-state index < -0.39 is 0 Å². The summed E-state index contributed by atoms with van der Waals surface area (Å²) in [6, 6.07) is 5.42. The molecule has 1 aromatic rings. The smallest absolute Gasteiger partial charge is 0.306 e. The van der Waals surface area contributed by atoms with Gasteiger partial charge in [0.1, 0.15) is 0 Å². The van der Waals surface area contributed by atoms with Crippen LogP contribution in [0.15, 0.2) is 23.1 Å². The molecular formula is C11H12Cl2O2S. The van der Waals surface area contributed by atoms with Gasteiger partial charge in [0, 0.05) is 10.1 Å². The van der Waals surface area contributed by atoms with E-state index in [1.54, 1.807) is 23.9 Å². The Morgan fingerprint density at radius 3 is 2.69 bits per heavy atom. The molecule has 2 nitrogen and oxygen atoms in total. The average molecular weight is 279 g/mol. The summed E-state index contributed by atoms with van der Waals surface area (Å²) in [6.45, 7) is 1.96. The first-order chi connectivity index (χ1) is 7.52. The molecule has 0 amide bonds. The Bertz CT molecular complexity index is 382. The summed E-state index contributed by atoms with van der Waals surface area (Å²) in [7, 11) is 1.39. The predicted octanol–water partition coefficient (Wildman–Crippen LogP) is 4.04. The van der Waals surface area contributed by atoms with Crippen LogP contribution in [0.25, 0.3) is 0 Å². The molecule has 0 aliphatic carbocycles. The van der Waals surface area contributed by atoms with E-state index >= 15 is 0 Å². The third-order valence-corrected chi connectivity index (χ3v) is 3.74. The topological polar surface area (TPSA) is 26.3 Å². The molecule has 0 bridgehead atoms. The van der Waals surface area contributed by atoms with Crippen LogP contribution in [-0.2, 0) is 9.53 Å². The molecule has 0 saturated carbocycles. The molecule has 16 heavy (non-hydrogen) atoms. The van der Waals surface area contributed by atoms with E-state index in [0.29, 0.717) is 16.5 Å². The maximum atomic E-state index is 11.1. The fraction of sp³-hybridized carbons (Fsp3) is 0.364. The number of carbonyl (C=O) groups is 1. The average Bonchev–Trinajstić information content (AvgIpc) is 2.23. The quantitative estimate of drug-likeness (QED) is 0.614. The van der Waals surface area contributed by atoms with Crippen molar-refractivity contribution in [2.75, 3.05) is 7.11 Å². The molecule has 1 atom stereocenters. The van der Waals surface area contributed by atoms with Crippen molar-refractivity contribution in [1.82, 2.24) is 0 Å². The Kier molecular flexibility index (Phi) is 5.46. The van der Waals surface area contributed by atoms with E-state index in [1.807, 2.05) is 13.0 Å². The normalized spacial score (nSPS) is 12.2. The second-order valence-electron chi connectivity index (χ2n) is 3.28. The lowest BCUT2D eigenvalue weighted by molar-refractivity contribution is -0.140. The zero-order valence-electron chi connectivity index (χ0n) is 9.00. The van der Waals surface area contributed by atoms with Crippen LogP contribution in [0.2, 0.25) is 10.0 Å². The van der Waals surface area contributed by atoms with E-state index in [9.17, 15) is 4.79 Å². The summed E-state index contributed by atoms with van der Waals surface area (Å²) in [5.41, 5.74) is 0. The van der Waals surface area contributed by atoms with Crippen LogP contribution in [0.5, 0.6) is 0 Å². The van der Waals surface area contributed by atoms with Gasteiger partial charge in [-0.05, 0) is 18.2 Å². The number of halogens is 2. The molecule has 5 heteroatoms. The third-order valence-electron chi connectivity index (χ3n) is 1.91. The summed E-state index contributed by atoms with van der Waals surface area (Å²) >= 11 is 13.3. The molecule has 0 fully saturated rings. The van der Waals surface area contributed by atoms with Gasteiger partial charge in [0.2, 0.25) is 0 Å². The molecule has 0 radical (unpaired) electrons. The number of rotatable bonds is 4. The lowest BCUT2D eigenvalue weighted by Crippen LogP contribution is -2.08. The first-order valence-electron chi connectivity index (χ1n) is 4.71. The molecule has 1 rings (SSSR count). The number of esters is 1. The standard InChI is InChI=1S/C11H12Cl2O2S/c1-7(5-11(14)15-2)16-8-3-4-9(12)10(13)6-8/h3-4,6-7H,5H2,1-2H3. The third kappa shape index (κ3) is 4.24. The molecule has 1 aromatic carbocycles. The summed E-state index contributed by atoms with van der Waals surface area (Å²) in [4.78, 5) is 12.0. The van der Waals surface area contributed by atoms with Crippen LogP contribution in [0.1, 0.15) is 13.3 Å². The zero-order valence-corrected chi connectivity index (χ0v) is 11.3. The monoisotopic (exact) mass is 278 g/mol. The van der Waals surface area contributed by atoms with Crippen LogP contribution in [0.4, 0.5) is 0 Å². The van der Waals surface area contributed by atoms with Crippen LogP contribution in [0, 0.1) is 0 Å². The molecule has 0 heterocycles. The van der Waals surface area contributed by atoms with Gasteiger partial charge in [0.15, 0.2) is 0 Å². The number of benzene rings is 1. The van der Waals surface area contributed by atoms with Crippen molar-refractivity contribution in [2.24, 2.45) is 0 Å². The van der Waals surface area contributed by atoms with Gasteiger partial charge >= 0.3 is 5.97 Å². The number of hydrogen-bond donors (Lipinski definition) is 0. The molecule has 0 spiro atoms. The Morgan fingerprint density at radius 2 is 2.12 bits per heavy atom. The fourth-order valence-electron chi connectivity index (χ4n) is 1.14. The van der Waals surface area contributed by atoms with Gasteiger partial charge in [0.25, 0.3) is 0 Å². The highest BCUT2D eigenvalue weighted by Crippen LogP contribution is 2.31. The molecule has 0 aromatic heterocycles. The number of methoxy groups -OCH3 is 1. The Labute approximate surface area is 109 Å².